The van der Waals surface area contributed by atoms with Crippen molar-refractivity contribution in [3.8, 4) is 0 Å². The summed E-state index contributed by atoms with van der Waals surface area (Å²) in [5.41, 5.74) is 0. The molecular weight excluding hydrogens is 268 g/mol. The number of ether oxygens (including phenoxy) is 2. The van der Waals surface area contributed by atoms with Gasteiger partial charge in [-0.2, -0.15) is 0 Å². The molecule has 0 saturated carbocycles. The first-order valence-corrected chi connectivity index (χ1v) is 8.05. The minimum Gasteiger partial charge on any atom is -0.369 e. The highest BCUT2D eigenvalue weighted by molar-refractivity contribution is 4.93. The number of nitrogens with zero attached hydrogens (tertiary/aromatic N) is 3. The average molecular weight is 302 g/mol. The van der Waals surface area contributed by atoms with Gasteiger partial charge >= 0.3 is 0 Å². The highest BCUT2D eigenvalue weighted by Crippen LogP contribution is 2.27. The molecule has 0 aliphatic carbocycles. The third-order valence-corrected chi connectivity index (χ3v) is 4.16. The van der Waals surface area contributed by atoms with Crippen molar-refractivity contribution in [2.75, 3.05) is 47.8 Å². The summed E-state index contributed by atoms with van der Waals surface area (Å²) in [6.45, 7) is 10.1. The van der Waals surface area contributed by atoms with E-state index < -0.39 is 0 Å². The van der Waals surface area contributed by atoms with Gasteiger partial charge in [0.15, 0.2) is 0 Å². The summed E-state index contributed by atoms with van der Waals surface area (Å²) in [6, 6.07) is 0. The molecule has 1 saturated heterocycles. The lowest BCUT2D eigenvalue weighted by Gasteiger charge is -2.35. The topological polar surface area (TPSA) is 40.2 Å². The molecule has 0 bridgehead atoms. The van der Waals surface area contributed by atoms with E-state index in [1.807, 2.05) is 0 Å². The zero-order valence-electron chi connectivity index (χ0n) is 14.6. The van der Waals surface area contributed by atoms with Gasteiger partial charge in [0.1, 0.15) is 6.73 Å². The van der Waals surface area contributed by atoms with Crippen LogP contribution in [0.25, 0.3) is 0 Å². The van der Waals surface area contributed by atoms with Gasteiger partial charge in [-0.1, -0.05) is 13.8 Å². The molecule has 126 valence electrons. The van der Waals surface area contributed by atoms with Crippen LogP contribution in [0, 0.1) is 0 Å². The summed E-state index contributed by atoms with van der Waals surface area (Å²) in [5.74, 6) is 0. The highest BCUT2D eigenvalue weighted by atomic mass is 16.5. The lowest BCUT2D eigenvalue weighted by molar-refractivity contribution is -0.0261. The number of hydrogen-bond donors (Lipinski definition) is 1. The predicted octanol–water partition coefficient (Wildman–Crippen LogP) is 1.15. The first kappa shape index (κ1) is 18.8. The monoisotopic (exact) mass is 302 g/mol. The molecule has 6 heteroatoms. The quantitative estimate of drug-likeness (QED) is 0.611. The Morgan fingerprint density at radius 1 is 1.10 bits per heavy atom. The maximum absolute atomic E-state index is 5.45. The molecule has 0 amide bonds. The first-order valence-electron chi connectivity index (χ1n) is 8.05. The zero-order chi connectivity index (χ0) is 15.8. The first-order chi connectivity index (χ1) is 10.1. The molecule has 0 radical (unpaired) electrons. The smallest absolute Gasteiger partial charge is 0.101 e. The fourth-order valence-electron chi connectivity index (χ4n) is 3.28. The van der Waals surface area contributed by atoms with Crippen molar-refractivity contribution in [2.45, 2.75) is 52.1 Å². The van der Waals surface area contributed by atoms with E-state index >= 15 is 0 Å². The third kappa shape index (κ3) is 4.61. The van der Waals surface area contributed by atoms with Gasteiger partial charge in [0, 0.05) is 20.8 Å². The van der Waals surface area contributed by atoms with Gasteiger partial charge in [-0.25, -0.2) is 4.90 Å². The number of rotatable bonds is 10. The fraction of sp³-hybridized carbons (Fsp3) is 1.00. The SMILES string of the molecule is CCCN(C)C1C(NCOC)N(CCC)C(C)N1COC. The molecule has 3 atom stereocenters. The van der Waals surface area contributed by atoms with E-state index in [0.29, 0.717) is 25.8 Å². The second-order valence-corrected chi connectivity index (χ2v) is 5.78. The molecule has 1 fully saturated rings. The van der Waals surface area contributed by atoms with E-state index in [4.69, 9.17) is 9.47 Å². The number of nitrogens with one attached hydrogen (secondary N) is 1. The zero-order valence-corrected chi connectivity index (χ0v) is 14.6. The van der Waals surface area contributed by atoms with Crippen LogP contribution >= 0.6 is 0 Å². The van der Waals surface area contributed by atoms with Gasteiger partial charge in [-0.3, -0.25) is 15.1 Å². The molecule has 3 unspecified atom stereocenters. The van der Waals surface area contributed by atoms with Crippen LogP contribution in [0.2, 0.25) is 0 Å². The number of likely N-dealkylation sites (N-methyl/N-ethyl adjacent to an activating group) is 1. The maximum Gasteiger partial charge on any atom is 0.101 e. The Kier molecular flexibility index (Phi) is 8.70. The summed E-state index contributed by atoms with van der Waals surface area (Å²) in [4.78, 5) is 7.34. The van der Waals surface area contributed by atoms with Gasteiger partial charge < -0.3 is 9.47 Å². The molecule has 0 aromatic rings. The molecule has 1 aliphatic rings. The second-order valence-electron chi connectivity index (χ2n) is 5.78. The molecule has 1 N–H and O–H groups in total. The van der Waals surface area contributed by atoms with Crippen LogP contribution in [-0.4, -0.2) is 81.0 Å². The Balaban J connectivity index is 2.95. The van der Waals surface area contributed by atoms with Crippen LogP contribution in [0.1, 0.15) is 33.6 Å². The van der Waals surface area contributed by atoms with E-state index in [2.05, 4.69) is 47.8 Å². The van der Waals surface area contributed by atoms with E-state index in [0.717, 1.165) is 25.9 Å². The summed E-state index contributed by atoms with van der Waals surface area (Å²) >= 11 is 0. The van der Waals surface area contributed by atoms with Gasteiger partial charge in [-0.05, 0) is 33.4 Å². The average Bonchev–Trinajstić information content (AvgIpc) is 2.71. The Labute approximate surface area is 130 Å². The van der Waals surface area contributed by atoms with Gasteiger partial charge in [0.05, 0.1) is 25.2 Å². The largest absolute Gasteiger partial charge is 0.369 e. The van der Waals surface area contributed by atoms with Crippen molar-refractivity contribution in [1.82, 2.24) is 20.0 Å². The van der Waals surface area contributed by atoms with E-state index in [1.165, 1.54) is 0 Å². The van der Waals surface area contributed by atoms with E-state index in [1.54, 1.807) is 14.2 Å². The molecular formula is C15H34N4O2. The lowest BCUT2D eigenvalue weighted by Crippen LogP contribution is -2.56. The predicted molar refractivity (Wildman–Crippen MR) is 85.7 cm³/mol. The third-order valence-electron chi connectivity index (χ3n) is 4.16. The summed E-state index contributed by atoms with van der Waals surface area (Å²) in [6.07, 6.45) is 3.19. The van der Waals surface area contributed by atoms with E-state index in [9.17, 15) is 0 Å². The molecule has 0 aromatic carbocycles. The van der Waals surface area contributed by atoms with Crippen LogP contribution in [0.4, 0.5) is 0 Å². The molecule has 6 nitrogen and oxygen atoms in total. The standard InChI is InChI=1S/C15H34N4O2/c1-7-9-17(4)15-14(16-11-20-5)18(10-8-2)13(3)19(15)12-21-6/h13-16H,7-12H2,1-6H3. The summed E-state index contributed by atoms with van der Waals surface area (Å²) in [5, 5.41) is 3.54. The van der Waals surface area contributed by atoms with Crippen molar-refractivity contribution in [2.24, 2.45) is 0 Å². The lowest BCUT2D eigenvalue weighted by atomic mass is 10.3. The van der Waals surface area contributed by atoms with Crippen molar-refractivity contribution in [3.63, 3.8) is 0 Å². The van der Waals surface area contributed by atoms with Gasteiger partial charge in [0.2, 0.25) is 0 Å². The molecule has 1 heterocycles. The number of methoxy groups -OCH3 is 2. The normalized spacial score (nSPS) is 27.9. The molecule has 0 spiro atoms. The van der Waals surface area contributed by atoms with Gasteiger partial charge in [-0.15, -0.1) is 0 Å². The fourth-order valence-corrected chi connectivity index (χ4v) is 3.28. The minimum absolute atomic E-state index is 0.256. The maximum atomic E-state index is 5.45. The highest BCUT2D eigenvalue weighted by Gasteiger charge is 2.45. The van der Waals surface area contributed by atoms with Crippen LogP contribution in [-0.2, 0) is 9.47 Å². The molecule has 0 aromatic heterocycles. The Bertz CT molecular complexity index is 280. The Morgan fingerprint density at radius 3 is 2.33 bits per heavy atom. The number of hydrogen-bond acceptors (Lipinski definition) is 6. The van der Waals surface area contributed by atoms with E-state index in [-0.39, 0.29) is 6.17 Å². The van der Waals surface area contributed by atoms with Crippen LogP contribution in [0.15, 0.2) is 0 Å². The van der Waals surface area contributed by atoms with Crippen molar-refractivity contribution in [3.05, 3.63) is 0 Å². The van der Waals surface area contributed by atoms with Gasteiger partial charge in [0.25, 0.3) is 0 Å². The Hall–Kier alpha value is -0.240. The van der Waals surface area contributed by atoms with Crippen molar-refractivity contribution < 1.29 is 9.47 Å². The van der Waals surface area contributed by atoms with Crippen LogP contribution in [0.3, 0.4) is 0 Å². The second kappa shape index (κ2) is 9.71. The summed E-state index contributed by atoms with van der Waals surface area (Å²) in [7, 11) is 5.69. The van der Waals surface area contributed by atoms with Crippen molar-refractivity contribution in [1.29, 1.82) is 0 Å². The minimum atomic E-state index is 0.256. The van der Waals surface area contributed by atoms with Crippen LogP contribution < -0.4 is 5.32 Å². The molecule has 1 rings (SSSR count). The van der Waals surface area contributed by atoms with Crippen molar-refractivity contribution >= 4 is 0 Å². The molecule has 1 aliphatic heterocycles. The van der Waals surface area contributed by atoms with Crippen LogP contribution in [0.5, 0.6) is 0 Å². The Morgan fingerprint density at radius 2 is 1.81 bits per heavy atom. The molecule has 21 heavy (non-hydrogen) atoms. The summed E-state index contributed by atoms with van der Waals surface area (Å²) < 4.78 is 10.7.